The van der Waals surface area contributed by atoms with Crippen LogP contribution in [-0.4, -0.2) is 17.9 Å². The Bertz CT molecular complexity index is 927. The Hall–Kier alpha value is -3.60. The van der Waals surface area contributed by atoms with E-state index < -0.39 is 6.10 Å². The summed E-state index contributed by atoms with van der Waals surface area (Å²) in [7, 11) is 0. The standard InChI is InChI=1S/C23H22N2O3/c1-17(28-21-13-6-3-7-14-21)22(26)24-16-18-9-8-10-19(15-18)23(27)25-20-11-4-2-5-12-20/h2-15,17H,16H2,1H3,(H,24,26)(H,25,27)/t17-/m0/s1. The van der Waals surface area contributed by atoms with Crippen molar-refractivity contribution in [3.05, 3.63) is 96.1 Å². The lowest BCUT2D eigenvalue weighted by Crippen LogP contribution is -2.35. The van der Waals surface area contributed by atoms with Crippen LogP contribution in [0.15, 0.2) is 84.9 Å². The summed E-state index contributed by atoms with van der Waals surface area (Å²) < 4.78 is 5.62. The van der Waals surface area contributed by atoms with Crippen molar-refractivity contribution in [2.24, 2.45) is 0 Å². The number of anilines is 1. The third kappa shape index (κ3) is 5.45. The predicted octanol–water partition coefficient (Wildman–Crippen LogP) is 4.02. The van der Waals surface area contributed by atoms with E-state index in [2.05, 4.69) is 10.6 Å². The SMILES string of the molecule is C[C@H](Oc1ccccc1)C(=O)NCc1cccc(C(=O)Nc2ccccc2)c1. The smallest absolute Gasteiger partial charge is 0.261 e. The first-order chi connectivity index (χ1) is 13.6. The average Bonchev–Trinajstić information content (AvgIpc) is 2.73. The summed E-state index contributed by atoms with van der Waals surface area (Å²) >= 11 is 0. The van der Waals surface area contributed by atoms with Crippen LogP contribution in [0.2, 0.25) is 0 Å². The van der Waals surface area contributed by atoms with Crippen molar-refractivity contribution in [2.75, 3.05) is 5.32 Å². The molecule has 1 atom stereocenters. The van der Waals surface area contributed by atoms with E-state index in [1.165, 1.54) is 0 Å². The molecule has 0 aliphatic heterocycles. The van der Waals surface area contributed by atoms with E-state index in [0.29, 0.717) is 17.9 Å². The molecule has 0 spiro atoms. The van der Waals surface area contributed by atoms with Gasteiger partial charge in [-0.25, -0.2) is 0 Å². The lowest BCUT2D eigenvalue weighted by Gasteiger charge is -2.15. The van der Waals surface area contributed by atoms with Gasteiger partial charge in [0.05, 0.1) is 0 Å². The molecule has 2 N–H and O–H groups in total. The highest BCUT2D eigenvalue weighted by molar-refractivity contribution is 6.04. The van der Waals surface area contributed by atoms with Crippen molar-refractivity contribution in [1.82, 2.24) is 5.32 Å². The Kier molecular flexibility index (Phi) is 6.41. The molecule has 5 heteroatoms. The van der Waals surface area contributed by atoms with Gasteiger partial charge in [0, 0.05) is 17.8 Å². The fourth-order valence-corrected chi connectivity index (χ4v) is 2.64. The molecule has 0 saturated carbocycles. The van der Waals surface area contributed by atoms with Gasteiger partial charge >= 0.3 is 0 Å². The summed E-state index contributed by atoms with van der Waals surface area (Å²) in [4.78, 5) is 24.7. The molecular weight excluding hydrogens is 352 g/mol. The van der Waals surface area contributed by atoms with E-state index in [1.54, 1.807) is 37.3 Å². The van der Waals surface area contributed by atoms with Gasteiger partial charge in [-0.05, 0) is 48.9 Å². The van der Waals surface area contributed by atoms with Crippen LogP contribution in [0.3, 0.4) is 0 Å². The quantitative estimate of drug-likeness (QED) is 0.656. The second-order valence-electron chi connectivity index (χ2n) is 6.31. The Balaban J connectivity index is 1.55. The molecule has 28 heavy (non-hydrogen) atoms. The van der Waals surface area contributed by atoms with Gasteiger partial charge in [-0.1, -0.05) is 48.5 Å². The van der Waals surface area contributed by atoms with Gasteiger partial charge in [0.1, 0.15) is 5.75 Å². The van der Waals surface area contributed by atoms with Gasteiger partial charge in [-0.2, -0.15) is 0 Å². The Labute approximate surface area is 164 Å². The zero-order valence-corrected chi connectivity index (χ0v) is 15.6. The van der Waals surface area contributed by atoms with Crippen LogP contribution in [-0.2, 0) is 11.3 Å². The number of hydrogen-bond donors (Lipinski definition) is 2. The fourth-order valence-electron chi connectivity index (χ4n) is 2.64. The average molecular weight is 374 g/mol. The predicted molar refractivity (Wildman–Crippen MR) is 109 cm³/mol. The van der Waals surface area contributed by atoms with E-state index in [0.717, 1.165) is 11.3 Å². The molecular formula is C23H22N2O3. The summed E-state index contributed by atoms with van der Waals surface area (Å²) in [5.74, 6) is 0.230. The molecule has 142 valence electrons. The highest BCUT2D eigenvalue weighted by atomic mass is 16.5. The summed E-state index contributed by atoms with van der Waals surface area (Å²) in [5.41, 5.74) is 2.10. The minimum Gasteiger partial charge on any atom is -0.481 e. The number of nitrogens with one attached hydrogen (secondary N) is 2. The maximum absolute atomic E-state index is 12.4. The number of para-hydroxylation sites is 2. The molecule has 5 nitrogen and oxygen atoms in total. The van der Waals surface area contributed by atoms with Crippen molar-refractivity contribution >= 4 is 17.5 Å². The Morgan fingerprint density at radius 3 is 2.29 bits per heavy atom. The molecule has 0 unspecified atom stereocenters. The maximum atomic E-state index is 12.4. The van der Waals surface area contributed by atoms with Gasteiger partial charge in [0.2, 0.25) is 0 Å². The number of rotatable bonds is 7. The summed E-state index contributed by atoms with van der Waals surface area (Å²) in [5, 5.41) is 5.69. The molecule has 0 heterocycles. The second-order valence-corrected chi connectivity index (χ2v) is 6.31. The zero-order valence-electron chi connectivity index (χ0n) is 15.6. The molecule has 0 aliphatic carbocycles. The van der Waals surface area contributed by atoms with Crippen LogP contribution in [0.1, 0.15) is 22.8 Å². The highest BCUT2D eigenvalue weighted by Gasteiger charge is 2.14. The Morgan fingerprint density at radius 1 is 0.893 bits per heavy atom. The van der Waals surface area contributed by atoms with E-state index in [4.69, 9.17) is 4.74 Å². The van der Waals surface area contributed by atoms with Crippen LogP contribution in [0.25, 0.3) is 0 Å². The molecule has 3 aromatic rings. The van der Waals surface area contributed by atoms with Crippen molar-refractivity contribution in [3.63, 3.8) is 0 Å². The summed E-state index contributed by atoms with van der Waals surface area (Å²) in [6.07, 6.45) is -0.619. The van der Waals surface area contributed by atoms with Crippen molar-refractivity contribution < 1.29 is 14.3 Å². The van der Waals surface area contributed by atoms with Crippen LogP contribution >= 0.6 is 0 Å². The molecule has 0 saturated heterocycles. The third-order valence-corrected chi connectivity index (χ3v) is 4.11. The van der Waals surface area contributed by atoms with Gasteiger partial charge in [0.25, 0.3) is 11.8 Å². The van der Waals surface area contributed by atoms with Gasteiger partial charge in [-0.3, -0.25) is 9.59 Å². The monoisotopic (exact) mass is 374 g/mol. The summed E-state index contributed by atoms with van der Waals surface area (Å²) in [6.45, 7) is 2.01. The molecule has 3 aromatic carbocycles. The molecule has 0 radical (unpaired) electrons. The number of carbonyl (C=O) groups is 2. The van der Waals surface area contributed by atoms with E-state index in [1.807, 2.05) is 54.6 Å². The minimum absolute atomic E-state index is 0.194. The van der Waals surface area contributed by atoms with E-state index >= 15 is 0 Å². The first-order valence-electron chi connectivity index (χ1n) is 9.06. The first kappa shape index (κ1) is 19.2. The third-order valence-electron chi connectivity index (χ3n) is 4.11. The van der Waals surface area contributed by atoms with Crippen LogP contribution < -0.4 is 15.4 Å². The van der Waals surface area contributed by atoms with Gasteiger partial charge < -0.3 is 15.4 Å². The molecule has 0 bridgehead atoms. The first-order valence-corrected chi connectivity index (χ1v) is 9.06. The van der Waals surface area contributed by atoms with Crippen LogP contribution in [0, 0.1) is 0 Å². The van der Waals surface area contributed by atoms with E-state index in [9.17, 15) is 9.59 Å². The largest absolute Gasteiger partial charge is 0.481 e. The highest BCUT2D eigenvalue weighted by Crippen LogP contribution is 2.12. The lowest BCUT2D eigenvalue weighted by molar-refractivity contribution is -0.127. The fraction of sp³-hybridized carbons (Fsp3) is 0.130. The number of carbonyl (C=O) groups excluding carboxylic acids is 2. The van der Waals surface area contributed by atoms with Crippen molar-refractivity contribution in [3.8, 4) is 5.75 Å². The van der Waals surface area contributed by atoms with Crippen molar-refractivity contribution in [2.45, 2.75) is 19.6 Å². The van der Waals surface area contributed by atoms with Gasteiger partial charge in [0.15, 0.2) is 6.10 Å². The maximum Gasteiger partial charge on any atom is 0.261 e. The second kappa shape index (κ2) is 9.37. The van der Waals surface area contributed by atoms with Crippen LogP contribution in [0.4, 0.5) is 5.69 Å². The van der Waals surface area contributed by atoms with Crippen LogP contribution in [0.5, 0.6) is 5.75 Å². The number of benzene rings is 3. The molecule has 0 aromatic heterocycles. The van der Waals surface area contributed by atoms with Crippen molar-refractivity contribution in [1.29, 1.82) is 0 Å². The number of hydrogen-bond acceptors (Lipinski definition) is 3. The van der Waals surface area contributed by atoms with E-state index in [-0.39, 0.29) is 11.8 Å². The molecule has 3 rings (SSSR count). The summed E-state index contributed by atoms with van der Waals surface area (Å²) in [6, 6.07) is 25.6. The number of amides is 2. The molecule has 2 amide bonds. The lowest BCUT2D eigenvalue weighted by atomic mass is 10.1. The normalized spacial score (nSPS) is 11.3. The zero-order chi connectivity index (χ0) is 19.8. The minimum atomic E-state index is -0.619. The molecule has 0 aliphatic rings. The number of ether oxygens (including phenoxy) is 1. The van der Waals surface area contributed by atoms with Gasteiger partial charge in [-0.15, -0.1) is 0 Å². The molecule has 0 fully saturated rings. The topological polar surface area (TPSA) is 67.4 Å². The Morgan fingerprint density at radius 2 is 1.57 bits per heavy atom.